The lowest BCUT2D eigenvalue weighted by Crippen LogP contribution is -2.51. The van der Waals surface area contributed by atoms with E-state index in [0.717, 1.165) is 49.3 Å². The first-order valence-corrected chi connectivity index (χ1v) is 12.6. The molecule has 0 aromatic heterocycles. The Morgan fingerprint density at radius 2 is 1.77 bits per heavy atom. The molecule has 0 atom stereocenters. The summed E-state index contributed by atoms with van der Waals surface area (Å²) in [4.78, 5) is 29.6. The van der Waals surface area contributed by atoms with Crippen LogP contribution in [0.15, 0.2) is 47.5 Å². The van der Waals surface area contributed by atoms with Gasteiger partial charge in [0.05, 0.1) is 5.56 Å². The van der Waals surface area contributed by atoms with Gasteiger partial charge in [0, 0.05) is 62.3 Å². The average molecular weight is 573 g/mol. The summed E-state index contributed by atoms with van der Waals surface area (Å²) in [7, 11) is 0. The first kappa shape index (κ1) is 31.7. The number of guanidine groups is 1. The van der Waals surface area contributed by atoms with E-state index in [-0.39, 0.29) is 5.56 Å². The van der Waals surface area contributed by atoms with Gasteiger partial charge in [-0.25, -0.2) is 9.59 Å². The fraction of sp³-hybridized carbons (Fsp3) is 0.423. The maximum Gasteiger partial charge on any atom is 0.490 e. The summed E-state index contributed by atoms with van der Waals surface area (Å²) < 4.78 is 37.2. The maximum atomic E-state index is 11.3. The average Bonchev–Trinajstić information content (AvgIpc) is 2.89. The number of rotatable bonds is 8. The number of benzene rings is 2. The number of nitrogens with one attached hydrogen (secondary N) is 1. The quantitative estimate of drug-likeness (QED) is 0.230. The Morgan fingerprint density at radius 3 is 2.36 bits per heavy atom. The van der Waals surface area contributed by atoms with E-state index in [2.05, 4.69) is 22.0 Å². The molecule has 0 bridgehead atoms. The Hall–Kier alpha value is -3.51. The third-order valence-electron chi connectivity index (χ3n) is 5.61. The second-order valence-electron chi connectivity index (χ2n) is 8.47. The summed E-state index contributed by atoms with van der Waals surface area (Å²) in [5.41, 5.74) is 3.32. The third-order valence-corrected chi connectivity index (χ3v) is 5.85. The van der Waals surface area contributed by atoms with Crippen LogP contribution < -0.4 is 10.2 Å². The Morgan fingerprint density at radius 1 is 1.10 bits per heavy atom. The van der Waals surface area contributed by atoms with Crippen molar-refractivity contribution in [1.82, 2.24) is 4.90 Å². The summed E-state index contributed by atoms with van der Waals surface area (Å²) in [5, 5.41) is 20.5. The highest BCUT2D eigenvalue weighted by Gasteiger charge is 2.38. The Labute approximate surface area is 229 Å². The van der Waals surface area contributed by atoms with Crippen LogP contribution in [-0.2, 0) is 9.53 Å². The van der Waals surface area contributed by atoms with Crippen molar-refractivity contribution in [2.24, 2.45) is 4.99 Å². The zero-order valence-electron chi connectivity index (χ0n) is 21.7. The van der Waals surface area contributed by atoms with Crippen molar-refractivity contribution in [3.8, 4) is 0 Å². The summed E-state index contributed by atoms with van der Waals surface area (Å²) in [6.07, 6.45) is -4.25. The topological polar surface area (TPSA) is 115 Å². The number of aliphatic carboxylic acids is 1. The molecule has 1 fully saturated rings. The number of carbonyl (C=O) groups is 2. The lowest BCUT2D eigenvalue weighted by molar-refractivity contribution is -0.192. The molecule has 0 saturated carbocycles. The number of ether oxygens (including phenoxy) is 1. The van der Waals surface area contributed by atoms with E-state index in [1.807, 2.05) is 31.2 Å². The number of alkyl halides is 3. The van der Waals surface area contributed by atoms with Crippen LogP contribution >= 0.6 is 11.6 Å². The highest BCUT2D eigenvalue weighted by molar-refractivity contribution is 6.30. The smallest absolute Gasteiger partial charge is 0.478 e. The van der Waals surface area contributed by atoms with Crippen molar-refractivity contribution in [3.05, 3.63) is 58.6 Å². The molecule has 0 amide bonds. The summed E-state index contributed by atoms with van der Waals surface area (Å²) >= 11 is 6.22. The number of anilines is 2. The van der Waals surface area contributed by atoms with E-state index in [4.69, 9.17) is 31.2 Å². The van der Waals surface area contributed by atoms with Crippen molar-refractivity contribution in [2.75, 3.05) is 56.2 Å². The van der Waals surface area contributed by atoms with Gasteiger partial charge >= 0.3 is 18.1 Å². The van der Waals surface area contributed by atoms with E-state index < -0.39 is 18.1 Å². The normalized spacial score (nSPS) is 13.9. The monoisotopic (exact) mass is 572 g/mol. The molecule has 0 radical (unpaired) electrons. The minimum absolute atomic E-state index is 0.243. The van der Waals surface area contributed by atoms with E-state index in [1.165, 1.54) is 5.56 Å². The number of nitrogens with zero attached hydrogens (tertiary/aromatic N) is 3. The molecule has 1 aliphatic rings. The Balaban J connectivity index is 0.000000673. The number of aromatic carboxylic acids is 1. The number of carboxylic acid groups (broad SMARTS) is 2. The van der Waals surface area contributed by atoms with Gasteiger partial charge in [-0.3, -0.25) is 4.99 Å². The van der Waals surface area contributed by atoms with Crippen molar-refractivity contribution in [2.45, 2.75) is 26.4 Å². The van der Waals surface area contributed by atoms with Crippen LogP contribution in [0, 0.1) is 6.92 Å². The van der Waals surface area contributed by atoms with Gasteiger partial charge in [-0.1, -0.05) is 23.7 Å². The first-order valence-electron chi connectivity index (χ1n) is 12.2. The number of piperazine rings is 1. The zero-order chi connectivity index (χ0) is 29.0. The van der Waals surface area contributed by atoms with Crippen molar-refractivity contribution in [3.63, 3.8) is 0 Å². The molecule has 1 heterocycles. The molecule has 214 valence electrons. The second-order valence-corrected chi connectivity index (χ2v) is 8.91. The van der Waals surface area contributed by atoms with Crippen LogP contribution in [0.1, 0.15) is 29.3 Å². The summed E-state index contributed by atoms with van der Waals surface area (Å²) in [6, 6.07) is 12.8. The van der Waals surface area contributed by atoms with Gasteiger partial charge in [0.2, 0.25) is 0 Å². The minimum atomic E-state index is -5.08. The second kappa shape index (κ2) is 15.2. The van der Waals surface area contributed by atoms with Gasteiger partial charge in [0.25, 0.3) is 0 Å². The number of aliphatic imine (C=N–C) groups is 1. The number of halogens is 4. The largest absolute Gasteiger partial charge is 0.490 e. The number of hydrogen-bond donors (Lipinski definition) is 3. The lowest BCUT2D eigenvalue weighted by Gasteiger charge is -2.38. The predicted octanol–water partition coefficient (Wildman–Crippen LogP) is 5.00. The van der Waals surface area contributed by atoms with Crippen LogP contribution in [0.5, 0.6) is 0 Å². The molecule has 2 aromatic rings. The zero-order valence-corrected chi connectivity index (χ0v) is 22.4. The molecule has 3 rings (SSSR count). The molecular weight excluding hydrogens is 541 g/mol. The van der Waals surface area contributed by atoms with E-state index in [0.29, 0.717) is 25.4 Å². The summed E-state index contributed by atoms with van der Waals surface area (Å²) in [5.74, 6) is -2.95. The predicted molar refractivity (Wildman–Crippen MR) is 144 cm³/mol. The van der Waals surface area contributed by atoms with Gasteiger partial charge in [-0.05, 0) is 56.2 Å². The van der Waals surface area contributed by atoms with Crippen LogP contribution in [0.2, 0.25) is 5.02 Å². The number of aryl methyl sites for hydroxylation is 1. The molecule has 1 aliphatic heterocycles. The minimum Gasteiger partial charge on any atom is -0.478 e. The van der Waals surface area contributed by atoms with Crippen LogP contribution in [0.25, 0.3) is 0 Å². The molecular formula is C26H32ClF3N4O5. The van der Waals surface area contributed by atoms with Gasteiger partial charge < -0.3 is 30.1 Å². The van der Waals surface area contributed by atoms with Gasteiger partial charge in [0.15, 0.2) is 5.96 Å². The third kappa shape index (κ3) is 10.6. The fourth-order valence-electron chi connectivity index (χ4n) is 3.66. The molecule has 9 nitrogen and oxygen atoms in total. The van der Waals surface area contributed by atoms with Gasteiger partial charge in [0.1, 0.15) is 0 Å². The van der Waals surface area contributed by atoms with E-state index in [9.17, 15) is 23.1 Å². The molecule has 39 heavy (non-hydrogen) atoms. The van der Waals surface area contributed by atoms with Crippen LogP contribution in [0.3, 0.4) is 0 Å². The summed E-state index contributed by atoms with van der Waals surface area (Å²) in [6.45, 7) is 9.35. The van der Waals surface area contributed by atoms with Crippen molar-refractivity contribution in [1.29, 1.82) is 0 Å². The number of hydrogen-bond acceptors (Lipinski definition) is 5. The highest BCUT2D eigenvalue weighted by atomic mass is 35.5. The maximum absolute atomic E-state index is 11.3. The Kier molecular flexibility index (Phi) is 12.3. The van der Waals surface area contributed by atoms with E-state index in [1.54, 1.807) is 18.2 Å². The standard InChI is InChI=1S/C24H31ClN4O3.C2HF3O2/c1-3-32-15-5-10-26-24(27-21-7-4-6-19(16-21)23(30)31)29-13-11-28(12-14-29)22-17-20(25)9-8-18(22)2;3-2(4,5)1(6)7/h4,6-9,16-17H,3,5,10-15H2,1-2H3,(H,26,27)(H,30,31);(H,6,7). The molecule has 0 spiro atoms. The lowest BCUT2D eigenvalue weighted by atomic mass is 10.1. The molecule has 1 saturated heterocycles. The van der Waals surface area contributed by atoms with Gasteiger partial charge in [-0.2, -0.15) is 13.2 Å². The number of carboxylic acids is 2. The Bertz CT molecular complexity index is 1140. The van der Waals surface area contributed by atoms with Crippen molar-refractivity contribution < 1.29 is 37.7 Å². The van der Waals surface area contributed by atoms with Crippen molar-refractivity contribution >= 4 is 40.9 Å². The van der Waals surface area contributed by atoms with Crippen LogP contribution in [-0.4, -0.2) is 85.1 Å². The van der Waals surface area contributed by atoms with E-state index >= 15 is 0 Å². The molecule has 2 aromatic carbocycles. The molecule has 0 unspecified atom stereocenters. The van der Waals surface area contributed by atoms with Gasteiger partial charge in [-0.15, -0.1) is 0 Å². The SMILES string of the molecule is CCOCCCN=C(Nc1cccc(C(=O)O)c1)N1CCN(c2cc(Cl)ccc2C)CC1.O=C(O)C(F)(F)F. The highest BCUT2D eigenvalue weighted by Crippen LogP contribution is 2.25. The molecule has 3 N–H and O–H groups in total. The molecule has 13 heteroatoms. The fourth-order valence-corrected chi connectivity index (χ4v) is 3.82. The first-order chi connectivity index (χ1) is 18.4. The molecule has 0 aliphatic carbocycles. The van der Waals surface area contributed by atoms with Crippen LogP contribution in [0.4, 0.5) is 24.5 Å².